The van der Waals surface area contributed by atoms with Gasteiger partial charge < -0.3 is 5.73 Å². The number of carbonyl (C=O) groups is 1. The Bertz CT molecular complexity index is 396. The van der Waals surface area contributed by atoms with Gasteiger partial charge in [-0.15, -0.1) is 0 Å². The van der Waals surface area contributed by atoms with Gasteiger partial charge in [0.1, 0.15) is 5.78 Å². The van der Waals surface area contributed by atoms with Crippen molar-refractivity contribution in [2.75, 3.05) is 5.73 Å². The molecule has 2 unspecified atom stereocenters. The molecule has 1 aliphatic rings. The number of benzene rings is 1. The Morgan fingerprint density at radius 1 is 1.28 bits per heavy atom. The lowest BCUT2D eigenvalue weighted by atomic mass is 9.79. The van der Waals surface area contributed by atoms with Crippen LogP contribution in [-0.2, 0) is 11.2 Å². The number of ketones is 1. The molecule has 2 N–H and O–H groups in total. The molecule has 2 nitrogen and oxygen atoms in total. The fourth-order valence-electron chi connectivity index (χ4n) is 2.88. The van der Waals surface area contributed by atoms with Crippen LogP contribution in [0.1, 0.15) is 44.6 Å². The predicted molar refractivity (Wildman–Crippen MR) is 75.3 cm³/mol. The van der Waals surface area contributed by atoms with E-state index in [0.29, 0.717) is 18.1 Å². The van der Waals surface area contributed by atoms with Crippen LogP contribution < -0.4 is 5.73 Å². The first kappa shape index (κ1) is 13.1. The first-order chi connectivity index (χ1) is 8.65. The molecule has 0 saturated heterocycles. The first-order valence-corrected chi connectivity index (χ1v) is 7.02. The summed E-state index contributed by atoms with van der Waals surface area (Å²) >= 11 is 0. The fourth-order valence-corrected chi connectivity index (χ4v) is 2.88. The van der Waals surface area contributed by atoms with Crippen LogP contribution in [0.5, 0.6) is 0 Å². The lowest BCUT2D eigenvalue weighted by molar-refractivity contribution is -0.124. The fraction of sp³-hybridized carbons (Fsp3) is 0.562. The number of nitrogens with two attached hydrogens (primary N) is 1. The standard InChI is InChI=1S/C16H23NO/c1-12-3-2-4-14(11-12)16(18)10-7-13-5-8-15(17)9-6-13/h5-6,8-9,12,14H,2-4,7,10-11,17H2,1H3. The van der Waals surface area contributed by atoms with Crippen molar-refractivity contribution in [3.05, 3.63) is 29.8 Å². The van der Waals surface area contributed by atoms with Crippen LogP contribution in [0.25, 0.3) is 0 Å². The first-order valence-electron chi connectivity index (χ1n) is 7.02. The summed E-state index contributed by atoms with van der Waals surface area (Å²) in [4.78, 5) is 12.2. The summed E-state index contributed by atoms with van der Waals surface area (Å²) in [5.74, 6) is 1.50. The Labute approximate surface area is 110 Å². The number of nitrogen functional groups attached to an aromatic ring is 1. The van der Waals surface area contributed by atoms with Gasteiger partial charge in [-0.2, -0.15) is 0 Å². The monoisotopic (exact) mass is 245 g/mol. The second kappa shape index (κ2) is 6.03. The number of hydrogen-bond donors (Lipinski definition) is 1. The Morgan fingerprint density at radius 2 is 2.00 bits per heavy atom. The maximum atomic E-state index is 12.2. The second-order valence-corrected chi connectivity index (χ2v) is 5.68. The molecule has 18 heavy (non-hydrogen) atoms. The van der Waals surface area contributed by atoms with Crippen molar-refractivity contribution in [1.29, 1.82) is 0 Å². The lowest BCUT2D eigenvalue weighted by Crippen LogP contribution is -2.22. The highest BCUT2D eigenvalue weighted by atomic mass is 16.1. The van der Waals surface area contributed by atoms with E-state index in [2.05, 4.69) is 6.92 Å². The van der Waals surface area contributed by atoms with Crippen LogP contribution >= 0.6 is 0 Å². The van der Waals surface area contributed by atoms with Crippen LogP contribution in [0, 0.1) is 11.8 Å². The van der Waals surface area contributed by atoms with Gasteiger partial charge in [0.2, 0.25) is 0 Å². The van der Waals surface area contributed by atoms with Gasteiger partial charge in [-0.3, -0.25) is 4.79 Å². The third-order valence-corrected chi connectivity index (χ3v) is 4.03. The number of rotatable bonds is 4. The smallest absolute Gasteiger partial charge is 0.136 e. The van der Waals surface area contributed by atoms with Crippen molar-refractivity contribution in [3.63, 3.8) is 0 Å². The van der Waals surface area contributed by atoms with Crippen molar-refractivity contribution >= 4 is 11.5 Å². The number of aryl methyl sites for hydroxylation is 1. The minimum atomic E-state index is 0.322. The molecule has 0 radical (unpaired) electrons. The summed E-state index contributed by atoms with van der Waals surface area (Å²) in [5, 5.41) is 0. The summed E-state index contributed by atoms with van der Waals surface area (Å²) in [6.07, 6.45) is 6.25. The summed E-state index contributed by atoms with van der Waals surface area (Å²) < 4.78 is 0. The van der Waals surface area contributed by atoms with E-state index in [1.807, 2.05) is 24.3 Å². The van der Waals surface area contributed by atoms with Crippen molar-refractivity contribution in [2.24, 2.45) is 11.8 Å². The molecule has 1 aromatic rings. The highest BCUT2D eigenvalue weighted by molar-refractivity contribution is 5.81. The van der Waals surface area contributed by atoms with E-state index in [-0.39, 0.29) is 0 Å². The van der Waals surface area contributed by atoms with Crippen LogP contribution in [0.15, 0.2) is 24.3 Å². The molecule has 2 atom stereocenters. The number of Topliss-reactive ketones (excluding diaryl/α,β-unsaturated/α-hetero) is 1. The quantitative estimate of drug-likeness (QED) is 0.824. The highest BCUT2D eigenvalue weighted by Gasteiger charge is 2.24. The third kappa shape index (κ3) is 3.59. The molecule has 0 bridgehead atoms. The highest BCUT2D eigenvalue weighted by Crippen LogP contribution is 2.30. The molecule has 1 aliphatic carbocycles. The molecule has 2 heteroatoms. The summed E-state index contributed by atoms with van der Waals surface area (Å²) in [6.45, 7) is 2.26. The topological polar surface area (TPSA) is 43.1 Å². The van der Waals surface area contributed by atoms with E-state index in [9.17, 15) is 4.79 Å². The molecular formula is C16H23NO. The minimum absolute atomic E-state index is 0.322. The Kier molecular flexibility index (Phi) is 4.40. The van der Waals surface area contributed by atoms with Gasteiger partial charge in [-0.25, -0.2) is 0 Å². The van der Waals surface area contributed by atoms with E-state index in [0.717, 1.165) is 30.9 Å². The van der Waals surface area contributed by atoms with Gasteiger partial charge in [0, 0.05) is 18.0 Å². The molecule has 98 valence electrons. The summed E-state index contributed by atoms with van der Waals surface area (Å²) in [7, 11) is 0. The van der Waals surface area contributed by atoms with E-state index in [1.165, 1.54) is 18.4 Å². The molecule has 2 rings (SSSR count). The zero-order valence-electron chi connectivity index (χ0n) is 11.2. The zero-order chi connectivity index (χ0) is 13.0. The third-order valence-electron chi connectivity index (χ3n) is 4.03. The van der Waals surface area contributed by atoms with E-state index < -0.39 is 0 Å². The summed E-state index contributed by atoms with van der Waals surface area (Å²) in [5.41, 5.74) is 7.64. The Morgan fingerprint density at radius 3 is 2.67 bits per heavy atom. The van der Waals surface area contributed by atoms with Gasteiger partial charge >= 0.3 is 0 Å². The van der Waals surface area contributed by atoms with Crippen LogP contribution in [0.3, 0.4) is 0 Å². The Balaban J connectivity index is 1.82. The number of carbonyl (C=O) groups excluding carboxylic acids is 1. The molecule has 0 amide bonds. The van der Waals surface area contributed by atoms with Gasteiger partial charge in [0.05, 0.1) is 0 Å². The van der Waals surface area contributed by atoms with Gasteiger partial charge in [0.25, 0.3) is 0 Å². The van der Waals surface area contributed by atoms with E-state index in [4.69, 9.17) is 5.73 Å². The van der Waals surface area contributed by atoms with Crippen molar-refractivity contribution in [2.45, 2.75) is 45.4 Å². The van der Waals surface area contributed by atoms with Crippen molar-refractivity contribution in [1.82, 2.24) is 0 Å². The largest absolute Gasteiger partial charge is 0.399 e. The average molecular weight is 245 g/mol. The van der Waals surface area contributed by atoms with Crippen LogP contribution in [0.4, 0.5) is 5.69 Å². The molecule has 1 aromatic carbocycles. The molecule has 0 aromatic heterocycles. The number of anilines is 1. The maximum Gasteiger partial charge on any atom is 0.136 e. The van der Waals surface area contributed by atoms with E-state index >= 15 is 0 Å². The molecule has 0 aliphatic heterocycles. The van der Waals surface area contributed by atoms with E-state index in [1.54, 1.807) is 0 Å². The normalized spacial score (nSPS) is 23.8. The molecule has 0 spiro atoms. The van der Waals surface area contributed by atoms with Crippen LogP contribution in [0.2, 0.25) is 0 Å². The zero-order valence-corrected chi connectivity index (χ0v) is 11.2. The average Bonchev–Trinajstić information content (AvgIpc) is 2.38. The van der Waals surface area contributed by atoms with Gasteiger partial charge in [-0.1, -0.05) is 31.9 Å². The van der Waals surface area contributed by atoms with Gasteiger partial charge in [0.15, 0.2) is 0 Å². The minimum Gasteiger partial charge on any atom is -0.399 e. The molecule has 1 fully saturated rings. The van der Waals surface area contributed by atoms with Crippen molar-refractivity contribution in [3.8, 4) is 0 Å². The maximum absolute atomic E-state index is 12.2. The molecule has 1 saturated carbocycles. The molecule has 0 heterocycles. The second-order valence-electron chi connectivity index (χ2n) is 5.68. The molecular weight excluding hydrogens is 222 g/mol. The Hall–Kier alpha value is -1.31. The van der Waals surface area contributed by atoms with Crippen LogP contribution in [-0.4, -0.2) is 5.78 Å². The lowest BCUT2D eigenvalue weighted by Gasteiger charge is -2.25. The van der Waals surface area contributed by atoms with Gasteiger partial charge in [-0.05, 0) is 42.9 Å². The van der Waals surface area contributed by atoms with Crippen molar-refractivity contribution < 1.29 is 4.79 Å². The summed E-state index contributed by atoms with van der Waals surface area (Å²) in [6, 6.07) is 7.85. The predicted octanol–water partition coefficient (Wildman–Crippen LogP) is 3.60. The number of hydrogen-bond acceptors (Lipinski definition) is 2. The SMILES string of the molecule is CC1CCCC(C(=O)CCc2ccc(N)cc2)C1.